The van der Waals surface area contributed by atoms with Gasteiger partial charge in [0.25, 0.3) is 0 Å². The molecule has 1 N–H and O–H groups in total. The normalized spacial score (nSPS) is 24.8. The summed E-state index contributed by atoms with van der Waals surface area (Å²) in [5, 5.41) is 0. The van der Waals surface area contributed by atoms with Gasteiger partial charge in [0.15, 0.2) is 0 Å². The Kier molecular flexibility index (Phi) is 5.02. The lowest BCUT2D eigenvalue weighted by Gasteiger charge is -2.28. The van der Waals surface area contributed by atoms with E-state index in [1.165, 1.54) is 37.7 Å². The van der Waals surface area contributed by atoms with E-state index < -0.39 is 0 Å². The highest BCUT2D eigenvalue weighted by atomic mass is 16.6. The Hall–Kier alpha value is -0.860. The van der Waals surface area contributed by atoms with Crippen LogP contribution in [-0.4, -0.2) is 6.04 Å². The summed E-state index contributed by atoms with van der Waals surface area (Å²) in [5.41, 5.74) is 4.46. The van der Waals surface area contributed by atoms with Gasteiger partial charge < -0.3 is 0 Å². The summed E-state index contributed by atoms with van der Waals surface area (Å²) in [4.78, 5) is 5.60. The Morgan fingerprint density at radius 3 is 2.82 bits per heavy atom. The maximum Gasteiger partial charge on any atom is 0.0933 e. The van der Waals surface area contributed by atoms with Gasteiger partial charge in [-0.25, -0.2) is 0 Å². The summed E-state index contributed by atoms with van der Waals surface area (Å²) < 4.78 is 0. The van der Waals surface area contributed by atoms with Crippen LogP contribution < -0.4 is 5.48 Å². The van der Waals surface area contributed by atoms with Crippen LogP contribution in [0.1, 0.15) is 44.6 Å². The van der Waals surface area contributed by atoms with Crippen molar-refractivity contribution in [1.82, 2.24) is 5.48 Å². The third-order valence-corrected chi connectivity index (χ3v) is 3.69. The Balaban J connectivity index is 1.68. The fourth-order valence-electron chi connectivity index (χ4n) is 2.59. The highest BCUT2D eigenvalue weighted by Crippen LogP contribution is 2.26. The first kappa shape index (κ1) is 12.6. The molecule has 2 nitrogen and oxygen atoms in total. The summed E-state index contributed by atoms with van der Waals surface area (Å²) >= 11 is 0. The quantitative estimate of drug-likeness (QED) is 0.783. The van der Waals surface area contributed by atoms with E-state index in [0.29, 0.717) is 12.6 Å². The molecule has 94 valence electrons. The van der Waals surface area contributed by atoms with Gasteiger partial charge in [0.05, 0.1) is 6.61 Å². The predicted octanol–water partition coefficient (Wildman–Crippen LogP) is 3.68. The van der Waals surface area contributed by atoms with E-state index in [-0.39, 0.29) is 0 Å². The van der Waals surface area contributed by atoms with Crippen LogP contribution in [0.15, 0.2) is 30.3 Å². The van der Waals surface area contributed by atoms with E-state index in [4.69, 9.17) is 4.84 Å². The van der Waals surface area contributed by atoms with Gasteiger partial charge in [0, 0.05) is 6.04 Å². The second-order valence-electron chi connectivity index (χ2n) is 5.03. The molecule has 2 rings (SSSR count). The van der Waals surface area contributed by atoms with Crippen molar-refractivity contribution in [2.45, 2.75) is 51.7 Å². The van der Waals surface area contributed by atoms with Crippen molar-refractivity contribution in [3.63, 3.8) is 0 Å². The highest BCUT2D eigenvalue weighted by Gasteiger charge is 2.20. The van der Waals surface area contributed by atoms with Gasteiger partial charge in [-0.1, -0.05) is 56.5 Å². The molecule has 1 aromatic rings. The third kappa shape index (κ3) is 4.14. The molecule has 0 spiro atoms. The van der Waals surface area contributed by atoms with Crippen LogP contribution in [0.25, 0.3) is 0 Å². The van der Waals surface area contributed by atoms with E-state index in [0.717, 1.165) is 5.92 Å². The number of nitrogens with one attached hydrogen (secondary N) is 1. The molecule has 0 aromatic heterocycles. The molecule has 0 radical (unpaired) electrons. The second-order valence-corrected chi connectivity index (χ2v) is 5.03. The second kappa shape index (κ2) is 6.77. The van der Waals surface area contributed by atoms with Gasteiger partial charge in [-0.15, -0.1) is 0 Å². The molecule has 0 amide bonds. The Morgan fingerprint density at radius 1 is 1.24 bits per heavy atom. The fourth-order valence-corrected chi connectivity index (χ4v) is 2.59. The molecule has 2 unspecified atom stereocenters. The third-order valence-electron chi connectivity index (χ3n) is 3.69. The smallest absolute Gasteiger partial charge is 0.0933 e. The first-order chi connectivity index (χ1) is 8.38. The number of hydrogen-bond acceptors (Lipinski definition) is 2. The minimum Gasteiger partial charge on any atom is -0.297 e. The van der Waals surface area contributed by atoms with Crippen LogP contribution in [0.2, 0.25) is 0 Å². The molecule has 0 saturated heterocycles. The molecule has 1 aliphatic rings. The maximum absolute atomic E-state index is 5.60. The summed E-state index contributed by atoms with van der Waals surface area (Å²) in [7, 11) is 0. The molecule has 0 bridgehead atoms. The Labute approximate surface area is 104 Å². The van der Waals surface area contributed by atoms with E-state index >= 15 is 0 Å². The van der Waals surface area contributed by atoms with Crippen LogP contribution >= 0.6 is 0 Å². The van der Waals surface area contributed by atoms with Crippen molar-refractivity contribution in [3.8, 4) is 0 Å². The molecule has 1 aromatic carbocycles. The van der Waals surface area contributed by atoms with Gasteiger partial charge in [-0.3, -0.25) is 4.84 Å². The standard InChI is InChI=1S/C15H23NO/c1-2-13-9-6-10-15(11-13)16-17-12-14-7-4-3-5-8-14/h3-5,7-8,13,15-16H,2,6,9-12H2,1H3. The van der Waals surface area contributed by atoms with Crippen molar-refractivity contribution in [3.05, 3.63) is 35.9 Å². The lowest BCUT2D eigenvalue weighted by Crippen LogP contribution is -2.34. The van der Waals surface area contributed by atoms with E-state index in [2.05, 4.69) is 24.5 Å². The first-order valence-electron chi connectivity index (χ1n) is 6.79. The first-order valence-corrected chi connectivity index (χ1v) is 6.79. The van der Waals surface area contributed by atoms with Crippen LogP contribution in [-0.2, 0) is 11.4 Å². The molecule has 0 heterocycles. The molecule has 0 aliphatic heterocycles. The van der Waals surface area contributed by atoms with Crippen LogP contribution in [0.5, 0.6) is 0 Å². The lowest BCUT2D eigenvalue weighted by atomic mass is 9.85. The summed E-state index contributed by atoms with van der Waals surface area (Å²) in [6.45, 7) is 2.95. The zero-order valence-corrected chi connectivity index (χ0v) is 10.7. The van der Waals surface area contributed by atoms with Crippen LogP contribution in [0.3, 0.4) is 0 Å². The van der Waals surface area contributed by atoms with Gasteiger partial charge in [0.2, 0.25) is 0 Å². The summed E-state index contributed by atoms with van der Waals surface area (Å²) in [5.74, 6) is 0.890. The topological polar surface area (TPSA) is 21.3 Å². The van der Waals surface area contributed by atoms with Crippen LogP contribution in [0.4, 0.5) is 0 Å². The molecule has 1 saturated carbocycles. The molecule has 1 aliphatic carbocycles. The summed E-state index contributed by atoms with van der Waals surface area (Å²) in [6, 6.07) is 10.9. The zero-order chi connectivity index (χ0) is 11.9. The average molecular weight is 233 g/mol. The molecule has 2 heteroatoms. The molecular weight excluding hydrogens is 210 g/mol. The molecular formula is C15H23NO. The Bertz CT molecular complexity index is 312. The Morgan fingerprint density at radius 2 is 2.06 bits per heavy atom. The van der Waals surface area contributed by atoms with E-state index in [1.54, 1.807) is 0 Å². The number of hydroxylamine groups is 1. The largest absolute Gasteiger partial charge is 0.297 e. The minimum absolute atomic E-state index is 0.553. The maximum atomic E-state index is 5.60. The predicted molar refractivity (Wildman–Crippen MR) is 70.4 cm³/mol. The SMILES string of the molecule is CCC1CCCC(NOCc2ccccc2)C1. The zero-order valence-electron chi connectivity index (χ0n) is 10.7. The van der Waals surface area contributed by atoms with Crippen molar-refractivity contribution >= 4 is 0 Å². The fraction of sp³-hybridized carbons (Fsp3) is 0.600. The molecule has 17 heavy (non-hydrogen) atoms. The van der Waals surface area contributed by atoms with Crippen molar-refractivity contribution in [2.75, 3.05) is 0 Å². The van der Waals surface area contributed by atoms with Crippen molar-refractivity contribution in [1.29, 1.82) is 0 Å². The number of hydrogen-bond donors (Lipinski definition) is 1. The molecule has 2 atom stereocenters. The lowest BCUT2D eigenvalue weighted by molar-refractivity contribution is -0.0102. The van der Waals surface area contributed by atoms with Gasteiger partial charge in [0.1, 0.15) is 0 Å². The number of rotatable bonds is 5. The van der Waals surface area contributed by atoms with E-state index in [9.17, 15) is 0 Å². The van der Waals surface area contributed by atoms with Gasteiger partial charge in [-0.2, -0.15) is 5.48 Å². The van der Waals surface area contributed by atoms with Crippen molar-refractivity contribution in [2.24, 2.45) is 5.92 Å². The minimum atomic E-state index is 0.553. The average Bonchev–Trinajstić information content (AvgIpc) is 2.40. The van der Waals surface area contributed by atoms with Gasteiger partial charge >= 0.3 is 0 Å². The highest BCUT2D eigenvalue weighted by molar-refractivity contribution is 5.13. The van der Waals surface area contributed by atoms with Crippen molar-refractivity contribution < 1.29 is 4.84 Å². The monoisotopic (exact) mass is 233 g/mol. The number of benzene rings is 1. The van der Waals surface area contributed by atoms with E-state index in [1.807, 2.05) is 18.2 Å². The molecule has 1 fully saturated rings. The summed E-state index contributed by atoms with van der Waals surface area (Å²) in [6.07, 6.45) is 6.56. The van der Waals surface area contributed by atoms with Crippen LogP contribution in [0, 0.1) is 5.92 Å². The van der Waals surface area contributed by atoms with Gasteiger partial charge in [-0.05, 0) is 24.3 Å².